The van der Waals surface area contributed by atoms with Crippen LogP contribution in [0.5, 0.6) is 11.8 Å². The van der Waals surface area contributed by atoms with Gasteiger partial charge in [0.2, 0.25) is 18.0 Å². The zero-order valence-corrected chi connectivity index (χ0v) is 35.8. The average Bonchev–Trinajstić information content (AvgIpc) is 3.98. The molecule has 0 radical (unpaired) electrons. The maximum Gasteiger partial charge on any atom is 0.322 e. The minimum Gasteiger partial charge on any atom is -0.421 e. The Morgan fingerprint density at radius 3 is 2.26 bits per heavy atom. The second kappa shape index (κ2) is 16.8. The van der Waals surface area contributed by atoms with Gasteiger partial charge in [-0.15, -0.1) is 0 Å². The number of H-pyrrole nitrogens is 1. The topological polar surface area (TPSA) is 187 Å². The summed E-state index contributed by atoms with van der Waals surface area (Å²) >= 11 is 0. The number of hydrogen-bond donors (Lipinski definition) is 4. The Morgan fingerprint density at radius 1 is 0.831 bits per heavy atom. The number of anilines is 3. The maximum atomic E-state index is 16.2. The van der Waals surface area contributed by atoms with Gasteiger partial charge in [0, 0.05) is 64.3 Å². The van der Waals surface area contributed by atoms with E-state index in [9.17, 15) is 9.59 Å². The van der Waals surface area contributed by atoms with E-state index < -0.39 is 5.82 Å². The first-order valence-electron chi connectivity index (χ1n) is 20.4. The Morgan fingerprint density at radius 2 is 1.54 bits per heavy atom. The van der Waals surface area contributed by atoms with Crippen LogP contribution in [0.25, 0.3) is 66.7 Å². The van der Waals surface area contributed by atoms with Gasteiger partial charge in [0.1, 0.15) is 17.8 Å². The molecule has 65 heavy (non-hydrogen) atoms. The molecule has 0 saturated heterocycles. The molecule has 16 heteroatoms. The molecule has 0 aliphatic carbocycles. The van der Waals surface area contributed by atoms with Gasteiger partial charge in [0.25, 0.3) is 6.67 Å². The summed E-state index contributed by atoms with van der Waals surface area (Å²) in [5, 5.41) is 10.6. The van der Waals surface area contributed by atoms with Gasteiger partial charge in [-0.05, 0) is 98.1 Å². The van der Waals surface area contributed by atoms with Gasteiger partial charge in [-0.3, -0.25) is 19.1 Å². The van der Waals surface area contributed by atoms with Crippen LogP contribution in [-0.4, -0.2) is 51.0 Å². The zero-order chi connectivity index (χ0) is 45.5. The van der Waals surface area contributed by atoms with Crippen molar-refractivity contribution in [3.8, 4) is 56.5 Å². The summed E-state index contributed by atoms with van der Waals surface area (Å²) in [5.74, 6) is -0.957. The van der Waals surface area contributed by atoms with E-state index in [1.165, 1.54) is 24.5 Å². The fourth-order valence-corrected chi connectivity index (χ4v) is 8.25. The van der Waals surface area contributed by atoms with Crippen molar-refractivity contribution in [1.82, 2.24) is 39.2 Å². The van der Waals surface area contributed by atoms with E-state index in [0.29, 0.717) is 39.5 Å². The highest BCUT2D eigenvalue weighted by atomic mass is 19.1. The number of fused-ring (bicyclic) bond motifs is 2. The minimum absolute atomic E-state index is 0.0262. The Bertz CT molecular complexity index is 3390. The number of nitrogens with one attached hydrogen (secondary N) is 3. The van der Waals surface area contributed by atoms with Crippen LogP contribution >= 0.6 is 0 Å². The smallest absolute Gasteiger partial charge is 0.322 e. The van der Waals surface area contributed by atoms with Crippen LogP contribution < -0.4 is 25.8 Å². The van der Waals surface area contributed by atoms with Crippen molar-refractivity contribution >= 4 is 50.9 Å². The number of hydrogen-bond acceptors (Lipinski definition) is 9. The van der Waals surface area contributed by atoms with Gasteiger partial charge < -0.3 is 25.7 Å². The van der Waals surface area contributed by atoms with E-state index in [-0.39, 0.29) is 30.2 Å². The highest BCUT2D eigenvalue weighted by Crippen LogP contribution is 2.45. The lowest BCUT2D eigenvalue weighted by Crippen LogP contribution is -2.38. The van der Waals surface area contributed by atoms with Crippen molar-refractivity contribution in [3.63, 3.8) is 0 Å². The fourth-order valence-electron chi connectivity index (χ4n) is 8.25. The minimum atomic E-state index is -0.603. The molecule has 0 atom stereocenters. The van der Waals surface area contributed by atoms with Crippen LogP contribution in [-0.2, 0) is 23.3 Å². The molecule has 0 bridgehead atoms. The first kappa shape index (κ1) is 41.6. The largest absolute Gasteiger partial charge is 0.421 e. The number of carbonyl (C=O) groups is 2. The Labute approximate surface area is 371 Å². The van der Waals surface area contributed by atoms with Crippen LogP contribution in [0, 0.1) is 26.6 Å². The fraction of sp³-hybridized carbons (Fsp3) is 0.102. The number of nitrogen functional groups attached to an aromatic ring is 1. The predicted molar refractivity (Wildman–Crippen MR) is 248 cm³/mol. The molecular formula is C49H42FN12O3+. The van der Waals surface area contributed by atoms with E-state index >= 15 is 4.39 Å². The van der Waals surface area contributed by atoms with Crippen molar-refractivity contribution in [3.05, 3.63) is 152 Å². The number of nitrogens with zero attached hydrogens (tertiary/aromatic N) is 8. The van der Waals surface area contributed by atoms with Gasteiger partial charge >= 0.3 is 6.01 Å². The first-order chi connectivity index (χ1) is 31.4. The summed E-state index contributed by atoms with van der Waals surface area (Å²) in [6.07, 6.45) is 11.1. The molecule has 0 saturated carbocycles. The number of rotatable bonds is 12. The van der Waals surface area contributed by atoms with Crippen LogP contribution in [0.3, 0.4) is 0 Å². The Balaban J connectivity index is 1.20. The second-order valence-electron chi connectivity index (χ2n) is 15.4. The van der Waals surface area contributed by atoms with Gasteiger partial charge in [-0.1, -0.05) is 42.1 Å². The number of halogens is 1. The van der Waals surface area contributed by atoms with Crippen molar-refractivity contribution in [2.45, 2.75) is 27.4 Å². The molecular weight excluding hydrogens is 824 g/mol. The van der Waals surface area contributed by atoms with Crippen molar-refractivity contribution in [1.29, 1.82) is 0 Å². The van der Waals surface area contributed by atoms with E-state index in [1.54, 1.807) is 31.5 Å². The molecule has 9 aromatic rings. The third kappa shape index (κ3) is 7.73. The molecule has 6 aromatic heterocycles. The number of carbonyl (C=O) groups excluding carboxylic acids is 2. The molecule has 0 aliphatic rings. The molecule has 15 nitrogen and oxygen atoms in total. The summed E-state index contributed by atoms with van der Waals surface area (Å²) in [4.78, 5) is 46.5. The summed E-state index contributed by atoms with van der Waals surface area (Å²) in [6, 6.07) is 21.7. The van der Waals surface area contributed by atoms with Crippen LogP contribution in [0.1, 0.15) is 17.0 Å². The number of ether oxygens (including phenoxy) is 1. The number of benzene rings is 3. The molecule has 0 aliphatic heterocycles. The number of aromatic nitrogens is 9. The number of amides is 2. The Hall–Kier alpha value is -8.79. The lowest BCUT2D eigenvalue weighted by molar-refractivity contribution is -0.753. The molecule has 0 spiro atoms. The standard InChI is InChI=1S/C49H41FN12O3/c1-7-39(63)58-33-12-9-30(10-13-33)45-43(44-47(51)54-25-55-48(44)60(45)6)32-23-56-61(24-32)26-62-37-18-20-52-29(5)41(37)42(46(62)35-15-14-34(21-27(35)3)59-40(64)8-2)31-11-16-38(36(50)22-31)65-49-53-19-17-28(4)57-49/h7-25H,1-2,26H2,3-6H3,(H4,51,54,55,58,59,63,64)/p+1. The second-order valence-corrected chi connectivity index (χ2v) is 15.4. The van der Waals surface area contributed by atoms with Gasteiger partial charge in [-0.25, -0.2) is 24.3 Å². The SMILES string of the molecule is C=CC(=O)Nc1ccc(-c2c(-c3c[nH][n+](Cn4c(-c5ccc(NC(=O)C=C)cc5C)c(-c5ccc(Oc6nccc(C)n6)c(F)c5)c5c(C)nccc54)c3)c3c(N)ncnc3n2C)cc1. The number of aryl methyl sites for hydroxylation is 4. The number of aromatic amines is 1. The van der Waals surface area contributed by atoms with Gasteiger partial charge in [-0.2, -0.15) is 5.10 Å². The summed E-state index contributed by atoms with van der Waals surface area (Å²) < 4.78 is 28.1. The van der Waals surface area contributed by atoms with Crippen molar-refractivity contribution in [2.24, 2.45) is 7.05 Å². The average molecular weight is 866 g/mol. The van der Waals surface area contributed by atoms with Crippen LogP contribution in [0.2, 0.25) is 0 Å². The monoisotopic (exact) mass is 865 g/mol. The number of nitrogens with two attached hydrogens (primary N) is 1. The summed E-state index contributed by atoms with van der Waals surface area (Å²) in [5.41, 5.74) is 17.8. The third-order valence-electron chi connectivity index (χ3n) is 11.2. The maximum absolute atomic E-state index is 16.2. The van der Waals surface area contributed by atoms with Crippen LogP contribution in [0.4, 0.5) is 21.6 Å². The van der Waals surface area contributed by atoms with E-state index in [4.69, 9.17) is 15.5 Å². The van der Waals surface area contributed by atoms with Gasteiger partial charge in [0.15, 0.2) is 11.6 Å². The molecule has 2 amide bonds. The zero-order valence-electron chi connectivity index (χ0n) is 35.8. The van der Waals surface area contributed by atoms with E-state index in [0.717, 1.165) is 61.4 Å². The highest BCUT2D eigenvalue weighted by molar-refractivity contribution is 6.08. The van der Waals surface area contributed by atoms with E-state index in [1.807, 2.05) is 97.1 Å². The molecule has 0 fully saturated rings. The Kier molecular flexibility index (Phi) is 10.8. The van der Waals surface area contributed by atoms with Crippen molar-refractivity contribution in [2.75, 3.05) is 16.4 Å². The summed E-state index contributed by atoms with van der Waals surface area (Å²) in [6.45, 7) is 13.1. The van der Waals surface area contributed by atoms with E-state index in [2.05, 4.69) is 53.4 Å². The molecule has 3 aromatic carbocycles. The lowest BCUT2D eigenvalue weighted by Gasteiger charge is -2.15. The summed E-state index contributed by atoms with van der Waals surface area (Å²) in [7, 11) is 1.92. The molecule has 0 unspecified atom stereocenters. The molecule has 5 N–H and O–H groups in total. The van der Waals surface area contributed by atoms with Crippen molar-refractivity contribution < 1.29 is 23.4 Å². The molecule has 6 heterocycles. The predicted octanol–water partition coefficient (Wildman–Crippen LogP) is 8.59. The normalized spacial score (nSPS) is 11.2. The number of pyridine rings is 1. The molecule has 9 rings (SSSR count). The quantitative estimate of drug-likeness (QED) is 0.0689. The lowest BCUT2D eigenvalue weighted by atomic mass is 9.95. The molecule has 322 valence electrons. The first-order valence-corrected chi connectivity index (χ1v) is 20.4. The third-order valence-corrected chi connectivity index (χ3v) is 11.2. The highest BCUT2D eigenvalue weighted by Gasteiger charge is 2.28. The van der Waals surface area contributed by atoms with Crippen LogP contribution in [0.15, 0.2) is 129 Å². The van der Waals surface area contributed by atoms with Gasteiger partial charge in [0.05, 0.1) is 34.1 Å².